The Balaban J connectivity index is 0.000000555. The molecule has 0 fully saturated rings. The topological polar surface area (TPSA) is 103 Å². The minimum atomic E-state index is -0.384. The summed E-state index contributed by atoms with van der Waals surface area (Å²) in [5.74, 6) is 4.53. The van der Waals surface area contributed by atoms with E-state index in [0.717, 1.165) is 11.3 Å². The fourth-order valence-corrected chi connectivity index (χ4v) is 1.11. The third-order valence-corrected chi connectivity index (χ3v) is 2.09. The lowest BCUT2D eigenvalue weighted by molar-refractivity contribution is 0.535. The van der Waals surface area contributed by atoms with Gasteiger partial charge in [-0.15, -0.1) is 0 Å². The fourth-order valence-electron chi connectivity index (χ4n) is 1.07. The molecule has 1 aromatic rings. The molecule has 0 radical (unpaired) electrons. The molecule has 6 nitrogen and oxygen atoms in total. The van der Waals surface area contributed by atoms with Crippen LogP contribution in [0, 0.1) is 6.92 Å². The molecular formula is C11H16N4O2S2. The van der Waals surface area contributed by atoms with E-state index in [1.54, 1.807) is 0 Å². The number of aryl methyl sites for hydroxylation is 1. The Morgan fingerprint density at radius 3 is 2.26 bits per heavy atom. The molecule has 0 atom stereocenters. The van der Waals surface area contributed by atoms with Gasteiger partial charge in [0.2, 0.25) is 0 Å². The Morgan fingerprint density at radius 1 is 1.26 bits per heavy atom. The minimum Gasteiger partial charge on any atom is -0.486 e. The Labute approximate surface area is 122 Å². The van der Waals surface area contributed by atoms with Crippen molar-refractivity contribution < 1.29 is 10.2 Å². The van der Waals surface area contributed by atoms with Crippen molar-refractivity contribution >= 4 is 40.5 Å². The van der Waals surface area contributed by atoms with Crippen molar-refractivity contribution in [3.05, 3.63) is 35.4 Å². The van der Waals surface area contributed by atoms with Crippen molar-refractivity contribution in [2.45, 2.75) is 13.8 Å². The van der Waals surface area contributed by atoms with Gasteiger partial charge in [-0.25, -0.2) is 11.3 Å². The van der Waals surface area contributed by atoms with E-state index in [-0.39, 0.29) is 10.3 Å². The Hall–Kier alpha value is -1.77. The zero-order valence-corrected chi connectivity index (χ0v) is 12.2. The molecule has 0 aliphatic heterocycles. The molecule has 104 valence electrons. The van der Waals surface area contributed by atoms with Gasteiger partial charge in [0, 0.05) is 0 Å². The Bertz CT molecular complexity index is 478. The molecule has 8 heteroatoms. The first-order valence-corrected chi connectivity index (χ1v) is 5.98. The molecule has 6 N–H and O–H groups in total. The third-order valence-electron chi connectivity index (χ3n) is 1.88. The van der Waals surface area contributed by atoms with Crippen LogP contribution in [0.4, 0.5) is 0 Å². The smallest absolute Gasteiger partial charge is 0.275 e. The number of nitrogens with one attached hydrogen (secondary N) is 2. The highest BCUT2D eigenvalue weighted by molar-refractivity contribution is 7.80. The predicted molar refractivity (Wildman–Crippen MR) is 84.3 cm³/mol. The van der Waals surface area contributed by atoms with Gasteiger partial charge in [-0.3, -0.25) is 5.43 Å². The molecule has 0 bridgehead atoms. The molecule has 0 saturated carbocycles. The lowest BCUT2D eigenvalue weighted by atomic mass is 10.1. The van der Waals surface area contributed by atoms with Crippen molar-refractivity contribution in [1.29, 1.82) is 0 Å². The highest BCUT2D eigenvalue weighted by Gasteiger charge is 1.97. The van der Waals surface area contributed by atoms with E-state index in [0.29, 0.717) is 0 Å². The molecule has 0 aromatic heterocycles. The summed E-state index contributed by atoms with van der Waals surface area (Å²) in [6.45, 7) is 3.86. The fraction of sp³-hybridized carbons (Fsp3) is 0.182. The first-order chi connectivity index (χ1) is 8.86. The first kappa shape index (κ1) is 17.2. The van der Waals surface area contributed by atoms with E-state index in [1.165, 1.54) is 5.56 Å². The maximum atomic E-state index is 8.72. The quantitative estimate of drug-likeness (QED) is 0.244. The molecule has 0 aliphatic rings. The van der Waals surface area contributed by atoms with E-state index in [1.807, 2.05) is 43.5 Å². The second kappa shape index (κ2) is 9.20. The average molecular weight is 300 g/mol. The maximum absolute atomic E-state index is 8.72. The van der Waals surface area contributed by atoms with Crippen LogP contribution in [0.2, 0.25) is 0 Å². The zero-order valence-electron chi connectivity index (χ0n) is 10.5. The second-order valence-corrected chi connectivity index (χ2v) is 4.21. The van der Waals surface area contributed by atoms with Gasteiger partial charge in [-0.1, -0.05) is 29.8 Å². The SMILES string of the molecule is CC(=NNC(O)=S)c1cccc(C)c1.NNC(O)=S. The lowest BCUT2D eigenvalue weighted by Gasteiger charge is -2.02. The summed E-state index contributed by atoms with van der Waals surface area (Å²) in [6, 6.07) is 7.94. The van der Waals surface area contributed by atoms with Crippen LogP contribution >= 0.6 is 24.4 Å². The number of nitrogens with two attached hydrogens (primary N) is 1. The van der Waals surface area contributed by atoms with E-state index in [2.05, 4.69) is 40.8 Å². The van der Waals surface area contributed by atoms with Crippen LogP contribution in [0.25, 0.3) is 0 Å². The lowest BCUT2D eigenvalue weighted by Crippen LogP contribution is -2.27. The Kier molecular flexibility index (Phi) is 8.34. The van der Waals surface area contributed by atoms with Crippen LogP contribution in [0.15, 0.2) is 29.4 Å². The molecule has 0 aliphatic carbocycles. The second-order valence-electron chi connectivity index (χ2n) is 3.43. The van der Waals surface area contributed by atoms with Crippen molar-refractivity contribution in [1.82, 2.24) is 10.9 Å². The minimum absolute atomic E-state index is 0.322. The van der Waals surface area contributed by atoms with Gasteiger partial charge in [0.05, 0.1) is 5.71 Å². The monoisotopic (exact) mass is 300 g/mol. The normalized spacial score (nSPS) is 9.95. The molecule has 19 heavy (non-hydrogen) atoms. The van der Waals surface area contributed by atoms with Crippen molar-refractivity contribution in [3.8, 4) is 0 Å². The van der Waals surface area contributed by atoms with Gasteiger partial charge in [-0.2, -0.15) is 5.10 Å². The highest BCUT2D eigenvalue weighted by Crippen LogP contribution is 2.04. The predicted octanol–water partition coefficient (Wildman–Crippen LogP) is 1.44. The van der Waals surface area contributed by atoms with Gasteiger partial charge >= 0.3 is 0 Å². The van der Waals surface area contributed by atoms with Gasteiger partial charge < -0.3 is 10.2 Å². The molecule has 0 unspecified atom stereocenters. The average Bonchev–Trinajstić information content (AvgIpc) is 2.36. The number of hydrogen-bond acceptors (Lipinski definition) is 4. The van der Waals surface area contributed by atoms with Gasteiger partial charge in [0.15, 0.2) is 0 Å². The molecule has 0 saturated heterocycles. The van der Waals surface area contributed by atoms with E-state index in [4.69, 9.17) is 10.2 Å². The number of aliphatic hydroxyl groups excluding tert-OH is 2. The molecule has 0 amide bonds. The molecule has 1 rings (SSSR count). The summed E-state index contributed by atoms with van der Waals surface area (Å²) in [5.41, 5.74) is 7.11. The van der Waals surface area contributed by atoms with Crippen LogP contribution in [0.1, 0.15) is 18.1 Å². The summed E-state index contributed by atoms with van der Waals surface area (Å²) in [5, 5.41) is 19.8. The van der Waals surface area contributed by atoms with Gasteiger partial charge in [0.1, 0.15) is 0 Å². The number of hydrazine groups is 1. The van der Waals surface area contributed by atoms with Crippen LogP contribution in [0.5, 0.6) is 0 Å². The van der Waals surface area contributed by atoms with Crippen LogP contribution in [-0.2, 0) is 0 Å². The third kappa shape index (κ3) is 8.89. The highest BCUT2D eigenvalue weighted by atomic mass is 32.1. The number of benzene rings is 1. The number of rotatable bonds is 2. The maximum Gasteiger partial charge on any atom is 0.275 e. The van der Waals surface area contributed by atoms with Crippen LogP contribution in [0.3, 0.4) is 0 Å². The number of hydrogen-bond donors (Lipinski definition) is 5. The van der Waals surface area contributed by atoms with Crippen LogP contribution in [-0.4, -0.2) is 26.3 Å². The molecule has 1 aromatic carbocycles. The van der Waals surface area contributed by atoms with Crippen LogP contribution < -0.4 is 16.7 Å². The van der Waals surface area contributed by atoms with E-state index < -0.39 is 0 Å². The van der Waals surface area contributed by atoms with Gasteiger partial charge in [0.25, 0.3) is 10.3 Å². The summed E-state index contributed by atoms with van der Waals surface area (Å²) in [4.78, 5) is 0. The van der Waals surface area contributed by atoms with E-state index >= 15 is 0 Å². The van der Waals surface area contributed by atoms with E-state index in [9.17, 15) is 0 Å². The summed E-state index contributed by atoms with van der Waals surface area (Å²) < 4.78 is 0. The Morgan fingerprint density at radius 2 is 1.84 bits per heavy atom. The summed E-state index contributed by atoms with van der Waals surface area (Å²) in [7, 11) is 0. The number of hydrazone groups is 1. The van der Waals surface area contributed by atoms with Crippen molar-refractivity contribution in [2.75, 3.05) is 0 Å². The van der Waals surface area contributed by atoms with Crippen molar-refractivity contribution in [2.24, 2.45) is 10.9 Å². The number of nitrogens with zero attached hydrogens (tertiary/aromatic N) is 1. The molecular weight excluding hydrogens is 284 g/mol. The van der Waals surface area contributed by atoms with Gasteiger partial charge in [-0.05, 0) is 43.8 Å². The first-order valence-electron chi connectivity index (χ1n) is 5.16. The largest absolute Gasteiger partial charge is 0.486 e. The van der Waals surface area contributed by atoms with Crippen molar-refractivity contribution in [3.63, 3.8) is 0 Å². The molecule has 0 spiro atoms. The molecule has 0 heterocycles. The number of aliphatic hydroxyl groups is 2. The summed E-state index contributed by atoms with van der Waals surface area (Å²) in [6.07, 6.45) is 0. The number of thiocarbonyl (C=S) groups is 2. The summed E-state index contributed by atoms with van der Waals surface area (Å²) >= 11 is 8.44. The zero-order chi connectivity index (χ0) is 14.8. The standard InChI is InChI=1S/C10H12N2OS.CH4N2OS/c1-7-4-3-5-9(6-7)8(2)11-12-10(13)14;2-3-1(4)5/h3-6H,1-2H3,(H2,12,13,14);2H2,(H2,3,4,5).